The zero-order chi connectivity index (χ0) is 19.6. The number of nitrogens with zero attached hydrogens (tertiary/aromatic N) is 2. The summed E-state index contributed by atoms with van der Waals surface area (Å²) in [5.41, 5.74) is -0.766. The second-order valence-corrected chi connectivity index (χ2v) is 6.06. The first-order chi connectivity index (χ1) is 12.9. The Morgan fingerprint density at radius 1 is 1.15 bits per heavy atom. The predicted octanol–water partition coefficient (Wildman–Crippen LogP) is 2.31. The number of hydrogen-bond donors (Lipinski definition) is 1. The van der Waals surface area contributed by atoms with Crippen LogP contribution in [0.4, 0.5) is 23.2 Å². The molecule has 0 radical (unpaired) electrons. The number of hydrogen-bond acceptors (Lipinski definition) is 5. The number of rotatable bonds is 5. The van der Waals surface area contributed by atoms with Crippen LogP contribution in [-0.4, -0.2) is 16.9 Å². The summed E-state index contributed by atoms with van der Waals surface area (Å²) in [6.45, 7) is 0. The van der Waals surface area contributed by atoms with Gasteiger partial charge in [0, 0.05) is 18.2 Å². The smallest absolute Gasteiger partial charge is 0.298 e. The van der Waals surface area contributed by atoms with Crippen molar-refractivity contribution in [3.63, 3.8) is 0 Å². The van der Waals surface area contributed by atoms with Crippen LogP contribution in [0.2, 0.25) is 0 Å². The molecule has 0 aliphatic carbocycles. The Morgan fingerprint density at radius 2 is 1.78 bits per heavy atom. The van der Waals surface area contributed by atoms with Crippen LogP contribution in [0.5, 0.6) is 5.95 Å². The molecule has 140 valence electrons. The van der Waals surface area contributed by atoms with Gasteiger partial charge in [0.2, 0.25) is 11.6 Å². The van der Waals surface area contributed by atoms with Gasteiger partial charge >= 0.3 is 0 Å². The Hall–Kier alpha value is -3.08. The topological polar surface area (TPSA) is 82.1 Å². The maximum Gasteiger partial charge on any atom is 0.298 e. The van der Waals surface area contributed by atoms with Gasteiger partial charge in [-0.25, -0.2) is 17.6 Å². The number of nitrogens with one attached hydrogen (secondary N) is 1. The van der Waals surface area contributed by atoms with Crippen molar-refractivity contribution in [2.75, 3.05) is 11.1 Å². The van der Waals surface area contributed by atoms with Gasteiger partial charge in [0.05, 0.1) is 11.0 Å². The molecule has 1 N–H and O–H groups in total. The first-order valence-corrected chi connectivity index (χ1v) is 8.27. The van der Waals surface area contributed by atoms with E-state index in [4.69, 9.17) is 0 Å². The lowest BCUT2D eigenvalue weighted by Gasteiger charge is -2.08. The van der Waals surface area contributed by atoms with Crippen LogP contribution in [0.15, 0.2) is 45.9 Å². The summed E-state index contributed by atoms with van der Waals surface area (Å²) in [6.07, 6.45) is 0. The Kier molecular flexibility index (Phi) is 5.31. The van der Waals surface area contributed by atoms with E-state index in [0.29, 0.717) is 17.4 Å². The Balaban J connectivity index is 1.76. The van der Waals surface area contributed by atoms with Crippen molar-refractivity contribution in [2.24, 2.45) is 0 Å². The molecule has 6 nitrogen and oxygen atoms in total. The number of para-hydroxylation sites is 1. The Morgan fingerprint density at radius 3 is 2.41 bits per heavy atom. The van der Waals surface area contributed by atoms with Crippen LogP contribution < -0.4 is 15.1 Å². The normalized spacial score (nSPS) is 10.8. The van der Waals surface area contributed by atoms with E-state index in [1.54, 1.807) is 35.6 Å². The van der Waals surface area contributed by atoms with Crippen molar-refractivity contribution < 1.29 is 36.7 Å². The summed E-state index contributed by atoms with van der Waals surface area (Å²) < 4.78 is 59.2. The van der Waals surface area contributed by atoms with Crippen molar-refractivity contribution in [3.05, 3.63) is 59.7 Å². The molecule has 0 saturated heterocycles. The lowest BCUT2D eigenvalue weighted by molar-refractivity contribution is -0.705. The van der Waals surface area contributed by atoms with Gasteiger partial charge in [0.15, 0.2) is 29.2 Å². The Labute approximate surface area is 153 Å². The van der Waals surface area contributed by atoms with E-state index < -0.39 is 46.6 Å². The third-order valence-corrected chi connectivity index (χ3v) is 4.31. The highest BCUT2D eigenvalue weighted by Gasteiger charge is 2.24. The standard InChI is InChI=1S/C16H9F4N3O3S/c17-9-6-10(18)13(20)14(12(9)19)21-11(24)7-27-15-16(25)26-22-23(15)8-4-2-1-3-5-8/h1-6H,7H2,(H-,21,22,24,25). The molecule has 0 aliphatic rings. The summed E-state index contributed by atoms with van der Waals surface area (Å²) in [5, 5.41) is 17.0. The molecule has 0 atom stereocenters. The van der Waals surface area contributed by atoms with Crippen molar-refractivity contribution in [1.29, 1.82) is 0 Å². The monoisotopic (exact) mass is 399 g/mol. The van der Waals surface area contributed by atoms with E-state index in [0.717, 1.165) is 4.68 Å². The quantitative estimate of drug-likeness (QED) is 0.308. The minimum atomic E-state index is -1.74. The van der Waals surface area contributed by atoms with E-state index in [-0.39, 0.29) is 11.1 Å². The molecule has 3 rings (SSSR count). The predicted molar refractivity (Wildman–Crippen MR) is 83.1 cm³/mol. The van der Waals surface area contributed by atoms with Gasteiger partial charge in [-0.05, 0) is 16.4 Å². The zero-order valence-corrected chi connectivity index (χ0v) is 14.0. The molecule has 3 aromatic rings. The number of aromatic nitrogens is 2. The number of benzene rings is 2. The zero-order valence-electron chi connectivity index (χ0n) is 13.2. The van der Waals surface area contributed by atoms with Gasteiger partial charge in [-0.15, -0.1) is 0 Å². The van der Waals surface area contributed by atoms with Crippen LogP contribution >= 0.6 is 11.8 Å². The number of anilines is 1. The van der Waals surface area contributed by atoms with Crippen LogP contribution in [0, 0.1) is 23.3 Å². The van der Waals surface area contributed by atoms with E-state index in [9.17, 15) is 27.5 Å². The molecule has 0 bridgehead atoms. The van der Waals surface area contributed by atoms with Gasteiger partial charge in [-0.2, -0.15) is 0 Å². The molecule has 0 saturated carbocycles. The molecule has 0 fully saturated rings. The number of halogens is 4. The third-order valence-electron chi connectivity index (χ3n) is 3.29. The van der Waals surface area contributed by atoms with Crippen molar-refractivity contribution in [3.8, 4) is 11.6 Å². The average Bonchev–Trinajstić information content (AvgIpc) is 3.03. The van der Waals surface area contributed by atoms with Crippen LogP contribution in [0.25, 0.3) is 5.69 Å². The molecule has 0 unspecified atom stereocenters. The van der Waals surface area contributed by atoms with Crippen LogP contribution in [0.1, 0.15) is 0 Å². The van der Waals surface area contributed by atoms with Crippen LogP contribution in [-0.2, 0) is 4.79 Å². The lowest BCUT2D eigenvalue weighted by atomic mass is 10.2. The maximum absolute atomic E-state index is 13.6. The summed E-state index contributed by atoms with van der Waals surface area (Å²) in [7, 11) is 0. The van der Waals surface area contributed by atoms with Crippen LogP contribution in [0.3, 0.4) is 0 Å². The number of carbonyl (C=O) groups is 1. The van der Waals surface area contributed by atoms with Crippen molar-refractivity contribution >= 4 is 23.4 Å². The molecular formula is C16H9F4N3O3S. The van der Waals surface area contributed by atoms with Gasteiger partial charge in [0.1, 0.15) is 5.69 Å². The van der Waals surface area contributed by atoms with Gasteiger partial charge in [-0.3, -0.25) is 4.79 Å². The molecule has 0 spiro atoms. The lowest BCUT2D eigenvalue weighted by Crippen LogP contribution is -2.35. The highest BCUT2D eigenvalue weighted by Crippen LogP contribution is 2.26. The van der Waals surface area contributed by atoms with E-state index in [1.807, 2.05) is 0 Å². The summed E-state index contributed by atoms with van der Waals surface area (Å²) in [5.74, 6) is -9.10. The largest absolute Gasteiger partial charge is 0.538 e. The number of amides is 1. The fraction of sp³-hybridized carbons (Fsp3) is 0.0625. The second-order valence-electron chi connectivity index (χ2n) is 5.09. The van der Waals surface area contributed by atoms with E-state index in [1.165, 1.54) is 0 Å². The maximum atomic E-state index is 13.6. The molecule has 1 aromatic heterocycles. The second kappa shape index (κ2) is 7.66. The fourth-order valence-corrected chi connectivity index (χ4v) is 2.84. The molecule has 11 heteroatoms. The first-order valence-electron chi connectivity index (χ1n) is 7.28. The molecule has 27 heavy (non-hydrogen) atoms. The molecule has 1 amide bonds. The fourth-order valence-electron chi connectivity index (χ4n) is 2.09. The average molecular weight is 399 g/mol. The van der Waals surface area contributed by atoms with E-state index in [2.05, 4.69) is 9.79 Å². The van der Waals surface area contributed by atoms with E-state index >= 15 is 0 Å². The molecule has 2 aromatic carbocycles. The van der Waals surface area contributed by atoms with Gasteiger partial charge < -0.3 is 14.9 Å². The molecular weight excluding hydrogens is 390 g/mol. The van der Waals surface area contributed by atoms with Gasteiger partial charge in [-0.1, -0.05) is 18.2 Å². The minimum Gasteiger partial charge on any atom is -0.538 e. The van der Waals surface area contributed by atoms with Crippen molar-refractivity contribution in [1.82, 2.24) is 5.27 Å². The highest BCUT2D eigenvalue weighted by molar-refractivity contribution is 7.99. The third kappa shape index (κ3) is 3.87. The first kappa shape index (κ1) is 18.7. The minimum absolute atomic E-state index is 0.0265. The van der Waals surface area contributed by atoms with Gasteiger partial charge in [0.25, 0.3) is 5.03 Å². The Bertz CT molecular complexity index is 972. The molecule has 0 aliphatic heterocycles. The summed E-state index contributed by atoms with van der Waals surface area (Å²) >= 11 is 0.672. The number of carbonyl (C=O) groups excluding carboxylic acids is 1. The molecule has 1 heterocycles. The summed E-state index contributed by atoms with van der Waals surface area (Å²) in [4.78, 5) is 11.9. The number of thioether (sulfide) groups is 1. The summed E-state index contributed by atoms with van der Waals surface area (Å²) in [6, 6.07) is 8.40. The SMILES string of the molecule is O=C(CSc1c([O-])on[n+]1-c1ccccc1)Nc1c(F)c(F)cc(F)c1F. The highest BCUT2D eigenvalue weighted by atomic mass is 32.2. The van der Waals surface area contributed by atoms with Crippen molar-refractivity contribution in [2.45, 2.75) is 5.03 Å².